The summed E-state index contributed by atoms with van der Waals surface area (Å²) in [6.45, 7) is 4.14. The summed E-state index contributed by atoms with van der Waals surface area (Å²) in [5.74, 6) is 0.825. The molecule has 4 heteroatoms. The van der Waals surface area contributed by atoms with Crippen molar-refractivity contribution in [2.24, 2.45) is 0 Å². The molecule has 1 aliphatic rings. The van der Waals surface area contributed by atoms with Crippen LogP contribution in [0.3, 0.4) is 0 Å². The Kier molecular flexibility index (Phi) is 5.56. The summed E-state index contributed by atoms with van der Waals surface area (Å²) in [6, 6.07) is 17.9. The Balaban J connectivity index is 1.68. The molecule has 1 amide bonds. The molecule has 0 unspecified atom stereocenters. The van der Waals surface area contributed by atoms with E-state index in [1.54, 1.807) is 0 Å². The van der Waals surface area contributed by atoms with Crippen LogP contribution in [0.1, 0.15) is 48.5 Å². The van der Waals surface area contributed by atoms with Crippen LogP contribution < -0.4 is 10.2 Å². The quantitative estimate of drug-likeness (QED) is 0.663. The van der Waals surface area contributed by atoms with Gasteiger partial charge in [0.2, 0.25) is 0 Å². The van der Waals surface area contributed by atoms with Gasteiger partial charge in [0, 0.05) is 24.2 Å². The van der Waals surface area contributed by atoms with Crippen molar-refractivity contribution in [2.75, 3.05) is 23.3 Å². The van der Waals surface area contributed by atoms with Gasteiger partial charge in [-0.15, -0.1) is 0 Å². The number of pyridine rings is 1. The van der Waals surface area contributed by atoms with Gasteiger partial charge in [0.25, 0.3) is 5.91 Å². The van der Waals surface area contributed by atoms with Crippen LogP contribution in [-0.2, 0) is 6.42 Å². The lowest BCUT2D eigenvalue weighted by Gasteiger charge is -2.22. The molecule has 0 aliphatic carbocycles. The van der Waals surface area contributed by atoms with Gasteiger partial charge in [0.1, 0.15) is 5.82 Å². The average molecular weight is 374 g/mol. The van der Waals surface area contributed by atoms with Crippen LogP contribution >= 0.6 is 0 Å². The minimum atomic E-state index is -0.0843. The first-order chi connectivity index (χ1) is 13.7. The number of anilines is 2. The Morgan fingerprint density at radius 2 is 1.71 bits per heavy atom. The third kappa shape index (κ3) is 4.01. The summed E-state index contributed by atoms with van der Waals surface area (Å²) >= 11 is 0. The number of aromatic nitrogens is 1. The first-order valence-electron chi connectivity index (χ1n) is 10.3. The molecular formula is C24H27N3O. The summed E-state index contributed by atoms with van der Waals surface area (Å²) < 4.78 is 0. The third-order valence-corrected chi connectivity index (χ3v) is 5.50. The monoisotopic (exact) mass is 373 g/mol. The first kappa shape index (κ1) is 18.5. The molecule has 2 aromatic carbocycles. The van der Waals surface area contributed by atoms with Gasteiger partial charge in [0.05, 0.1) is 11.1 Å². The van der Waals surface area contributed by atoms with Crippen LogP contribution in [0.15, 0.2) is 54.6 Å². The summed E-state index contributed by atoms with van der Waals surface area (Å²) in [6.07, 6.45) is 5.89. The molecule has 4 nitrogen and oxygen atoms in total. The molecule has 0 saturated carbocycles. The normalized spacial score (nSPS) is 14.7. The van der Waals surface area contributed by atoms with Crippen molar-refractivity contribution < 1.29 is 4.79 Å². The molecule has 1 aliphatic heterocycles. The van der Waals surface area contributed by atoms with Gasteiger partial charge in [-0.3, -0.25) is 4.79 Å². The Morgan fingerprint density at radius 1 is 1.00 bits per heavy atom. The van der Waals surface area contributed by atoms with Gasteiger partial charge < -0.3 is 10.2 Å². The lowest BCUT2D eigenvalue weighted by Crippen LogP contribution is -2.25. The molecular weight excluding hydrogens is 346 g/mol. The van der Waals surface area contributed by atoms with Gasteiger partial charge in [-0.1, -0.05) is 50.1 Å². The van der Waals surface area contributed by atoms with Crippen LogP contribution in [0, 0.1) is 0 Å². The highest BCUT2D eigenvalue weighted by Gasteiger charge is 2.17. The van der Waals surface area contributed by atoms with Crippen LogP contribution in [0.2, 0.25) is 0 Å². The third-order valence-electron chi connectivity index (χ3n) is 5.50. The lowest BCUT2D eigenvalue weighted by molar-refractivity contribution is 0.102. The number of fused-ring (bicyclic) bond motifs is 1. The second-order valence-corrected chi connectivity index (χ2v) is 7.45. The number of rotatable bonds is 4. The minimum Gasteiger partial charge on any atom is -0.357 e. The maximum absolute atomic E-state index is 13.1. The standard InChI is InChI=1S/C24H27N3O/c1-2-18-11-13-19(14-12-18)25-24(28)21-17-23(27-15-7-3-4-8-16-27)26-22-10-6-5-9-20(21)22/h5-6,9-14,17H,2-4,7-8,15-16H2,1H3,(H,25,28). The number of carbonyl (C=O) groups excluding carboxylic acids is 1. The van der Waals surface area contributed by atoms with E-state index >= 15 is 0 Å². The number of benzene rings is 2. The molecule has 1 N–H and O–H groups in total. The van der Waals surface area contributed by atoms with E-state index < -0.39 is 0 Å². The van der Waals surface area contributed by atoms with Crippen LogP contribution in [0.5, 0.6) is 0 Å². The molecule has 1 saturated heterocycles. The number of para-hydroxylation sites is 1. The number of nitrogens with one attached hydrogen (secondary N) is 1. The van der Waals surface area contributed by atoms with Crippen molar-refractivity contribution in [3.63, 3.8) is 0 Å². The van der Waals surface area contributed by atoms with Crippen molar-refractivity contribution in [3.05, 3.63) is 65.7 Å². The van der Waals surface area contributed by atoms with Crippen molar-refractivity contribution in [2.45, 2.75) is 39.0 Å². The zero-order chi connectivity index (χ0) is 19.3. The van der Waals surface area contributed by atoms with E-state index in [4.69, 9.17) is 4.98 Å². The predicted molar refractivity (Wildman–Crippen MR) is 116 cm³/mol. The van der Waals surface area contributed by atoms with Crippen molar-refractivity contribution in [3.8, 4) is 0 Å². The zero-order valence-electron chi connectivity index (χ0n) is 16.4. The van der Waals surface area contributed by atoms with E-state index in [1.165, 1.54) is 31.2 Å². The highest BCUT2D eigenvalue weighted by atomic mass is 16.1. The largest absolute Gasteiger partial charge is 0.357 e. The van der Waals surface area contributed by atoms with Crippen LogP contribution in [0.4, 0.5) is 11.5 Å². The van der Waals surface area contributed by atoms with Gasteiger partial charge in [-0.2, -0.15) is 0 Å². The summed E-state index contributed by atoms with van der Waals surface area (Å²) in [5.41, 5.74) is 3.63. The summed E-state index contributed by atoms with van der Waals surface area (Å²) in [5, 5.41) is 3.95. The molecule has 0 atom stereocenters. The molecule has 0 radical (unpaired) electrons. The lowest BCUT2D eigenvalue weighted by atomic mass is 10.1. The molecule has 1 fully saturated rings. The van der Waals surface area contributed by atoms with Crippen molar-refractivity contribution in [1.29, 1.82) is 0 Å². The highest BCUT2D eigenvalue weighted by molar-refractivity contribution is 6.13. The van der Waals surface area contributed by atoms with Gasteiger partial charge in [-0.05, 0) is 49.1 Å². The van der Waals surface area contributed by atoms with Crippen LogP contribution in [-0.4, -0.2) is 24.0 Å². The predicted octanol–water partition coefficient (Wildman–Crippen LogP) is 5.43. The van der Waals surface area contributed by atoms with Crippen molar-refractivity contribution >= 4 is 28.3 Å². The van der Waals surface area contributed by atoms with Gasteiger partial charge in [-0.25, -0.2) is 4.98 Å². The van der Waals surface area contributed by atoms with E-state index in [9.17, 15) is 4.79 Å². The maximum Gasteiger partial charge on any atom is 0.256 e. The van der Waals surface area contributed by atoms with E-state index in [2.05, 4.69) is 29.3 Å². The number of carbonyl (C=O) groups is 1. The van der Waals surface area contributed by atoms with E-state index in [1.807, 2.05) is 42.5 Å². The topological polar surface area (TPSA) is 45.2 Å². The van der Waals surface area contributed by atoms with Crippen LogP contribution in [0.25, 0.3) is 10.9 Å². The number of aryl methyl sites for hydroxylation is 1. The fraction of sp³-hybridized carbons (Fsp3) is 0.333. The molecule has 3 aromatic rings. The number of nitrogens with zero attached hydrogens (tertiary/aromatic N) is 2. The Morgan fingerprint density at radius 3 is 2.43 bits per heavy atom. The number of amides is 1. The molecule has 1 aromatic heterocycles. The molecule has 28 heavy (non-hydrogen) atoms. The van der Waals surface area contributed by atoms with Gasteiger partial charge in [0.15, 0.2) is 0 Å². The maximum atomic E-state index is 13.1. The Hall–Kier alpha value is -2.88. The van der Waals surface area contributed by atoms with Crippen molar-refractivity contribution in [1.82, 2.24) is 4.98 Å². The Bertz CT molecular complexity index is 957. The Labute approximate surface area is 166 Å². The number of hydrogen-bond donors (Lipinski definition) is 1. The first-order valence-corrected chi connectivity index (χ1v) is 10.3. The smallest absolute Gasteiger partial charge is 0.256 e. The second kappa shape index (κ2) is 8.42. The molecule has 144 valence electrons. The SMILES string of the molecule is CCc1ccc(NC(=O)c2cc(N3CCCCCC3)nc3ccccc23)cc1. The molecule has 0 spiro atoms. The zero-order valence-corrected chi connectivity index (χ0v) is 16.4. The van der Waals surface area contributed by atoms with E-state index in [0.29, 0.717) is 5.56 Å². The highest BCUT2D eigenvalue weighted by Crippen LogP contribution is 2.26. The second-order valence-electron chi connectivity index (χ2n) is 7.45. The molecule has 2 heterocycles. The van der Waals surface area contributed by atoms with Gasteiger partial charge >= 0.3 is 0 Å². The molecule has 4 rings (SSSR count). The number of hydrogen-bond acceptors (Lipinski definition) is 3. The van der Waals surface area contributed by atoms with E-state index in [-0.39, 0.29) is 5.91 Å². The average Bonchev–Trinajstić information content (AvgIpc) is 3.03. The van der Waals surface area contributed by atoms with E-state index in [0.717, 1.165) is 41.9 Å². The molecule has 0 bridgehead atoms. The minimum absolute atomic E-state index is 0.0843. The summed E-state index contributed by atoms with van der Waals surface area (Å²) in [4.78, 5) is 20.3. The summed E-state index contributed by atoms with van der Waals surface area (Å²) in [7, 11) is 0. The fourth-order valence-corrected chi connectivity index (χ4v) is 3.83. The fourth-order valence-electron chi connectivity index (χ4n) is 3.83.